The summed E-state index contributed by atoms with van der Waals surface area (Å²) in [4.78, 5) is 15.1. The monoisotopic (exact) mass is 315 g/mol. The molecule has 5 aromatic rings. The molecule has 0 fully saturated rings. The van der Waals surface area contributed by atoms with E-state index in [-0.39, 0.29) is 0 Å². The van der Waals surface area contributed by atoms with E-state index in [1.807, 2.05) is 41.3 Å². The normalized spacial score (nSPS) is 11.5. The van der Waals surface area contributed by atoms with Gasteiger partial charge in [-0.25, -0.2) is 14.6 Å². The molecule has 0 atom stereocenters. The van der Waals surface area contributed by atoms with Crippen molar-refractivity contribution in [3.8, 4) is 11.3 Å². The third-order valence-corrected chi connectivity index (χ3v) is 4.05. The van der Waals surface area contributed by atoms with Gasteiger partial charge >= 0.3 is 0 Å². The number of aromatic nitrogens is 7. The molecule has 116 valence electrons. The minimum atomic E-state index is 0.615. The van der Waals surface area contributed by atoms with Crippen LogP contribution in [0.25, 0.3) is 33.3 Å². The van der Waals surface area contributed by atoms with Crippen molar-refractivity contribution in [1.82, 2.24) is 34.9 Å². The molecule has 5 rings (SSSR count). The van der Waals surface area contributed by atoms with Crippen LogP contribution in [0.1, 0.15) is 5.69 Å². The molecule has 5 heterocycles. The summed E-state index contributed by atoms with van der Waals surface area (Å²) in [6, 6.07) is 9.99. The lowest BCUT2D eigenvalue weighted by molar-refractivity contribution is 0.641. The maximum atomic E-state index is 4.31. The average molecular weight is 315 g/mol. The molecule has 7 nitrogen and oxygen atoms in total. The van der Waals surface area contributed by atoms with E-state index in [2.05, 4.69) is 36.3 Å². The number of nitrogens with zero attached hydrogens (tertiary/aromatic N) is 5. The topological polar surface area (TPSA) is 88.1 Å². The molecule has 0 aromatic carbocycles. The van der Waals surface area contributed by atoms with Crippen LogP contribution >= 0.6 is 0 Å². The summed E-state index contributed by atoms with van der Waals surface area (Å²) >= 11 is 0. The molecule has 0 spiro atoms. The second kappa shape index (κ2) is 5.02. The van der Waals surface area contributed by atoms with Crippen molar-refractivity contribution in [2.75, 3.05) is 0 Å². The summed E-state index contributed by atoms with van der Waals surface area (Å²) in [7, 11) is 0. The van der Waals surface area contributed by atoms with Crippen molar-refractivity contribution >= 4 is 22.1 Å². The lowest BCUT2D eigenvalue weighted by Gasteiger charge is -1.96. The molecule has 0 unspecified atom stereocenters. The van der Waals surface area contributed by atoms with E-state index in [4.69, 9.17) is 0 Å². The van der Waals surface area contributed by atoms with Gasteiger partial charge in [0, 0.05) is 40.6 Å². The van der Waals surface area contributed by atoms with Crippen molar-refractivity contribution < 1.29 is 0 Å². The van der Waals surface area contributed by atoms with Gasteiger partial charge in [-0.2, -0.15) is 0 Å². The van der Waals surface area contributed by atoms with E-state index >= 15 is 0 Å². The fraction of sp³-hybridized carbons (Fsp3) is 0.0588. The van der Waals surface area contributed by atoms with E-state index in [1.165, 1.54) is 0 Å². The van der Waals surface area contributed by atoms with Gasteiger partial charge in [-0.05, 0) is 30.3 Å². The van der Waals surface area contributed by atoms with E-state index in [9.17, 15) is 0 Å². The second-order valence-electron chi connectivity index (χ2n) is 5.64. The maximum Gasteiger partial charge on any atom is 0.137 e. The lowest BCUT2D eigenvalue weighted by atomic mass is 10.2. The number of H-pyrrole nitrogens is 2. The number of aromatic amines is 2. The summed E-state index contributed by atoms with van der Waals surface area (Å²) in [5.41, 5.74) is 4.60. The Bertz CT molecular complexity index is 1110. The predicted molar refractivity (Wildman–Crippen MR) is 90.3 cm³/mol. The Balaban J connectivity index is 1.48. The van der Waals surface area contributed by atoms with Gasteiger partial charge in [0.1, 0.15) is 17.0 Å². The number of hydrogen-bond donors (Lipinski definition) is 2. The Morgan fingerprint density at radius 1 is 1.04 bits per heavy atom. The van der Waals surface area contributed by atoms with Crippen molar-refractivity contribution in [3.05, 3.63) is 60.8 Å². The number of fused-ring (bicyclic) bond motifs is 2. The highest BCUT2D eigenvalue weighted by Gasteiger charge is 2.11. The minimum Gasteiger partial charge on any atom is -0.345 e. The van der Waals surface area contributed by atoms with Crippen LogP contribution in [-0.2, 0) is 6.54 Å². The number of rotatable bonds is 3. The second-order valence-corrected chi connectivity index (χ2v) is 5.64. The average Bonchev–Trinajstić information content (AvgIpc) is 3.31. The van der Waals surface area contributed by atoms with Crippen molar-refractivity contribution in [2.45, 2.75) is 6.54 Å². The first-order chi connectivity index (χ1) is 11.9. The highest BCUT2D eigenvalue weighted by molar-refractivity contribution is 5.92. The maximum absolute atomic E-state index is 4.31. The molecular formula is C17H13N7. The number of nitrogens with one attached hydrogen (secondary N) is 2. The highest BCUT2D eigenvalue weighted by Crippen LogP contribution is 2.25. The van der Waals surface area contributed by atoms with Crippen LogP contribution in [0, 0.1) is 0 Å². The summed E-state index contributed by atoms with van der Waals surface area (Å²) in [5, 5.41) is 10.7. The van der Waals surface area contributed by atoms with E-state index in [0.29, 0.717) is 6.54 Å². The standard InChI is InChI=1S/C17H13N7/c1-3-11-7-12(21-16(11)18-5-1)9-24-10-15(22-23-24)14-8-20-17-13(14)4-2-6-19-17/h1-8,10H,9H2,(H,18,21)(H,19,20). The third-order valence-electron chi connectivity index (χ3n) is 4.05. The van der Waals surface area contributed by atoms with Gasteiger partial charge in [-0.15, -0.1) is 5.10 Å². The zero-order chi connectivity index (χ0) is 15.9. The molecule has 7 heteroatoms. The first-order valence-electron chi connectivity index (χ1n) is 7.62. The Hall–Kier alpha value is -3.48. The van der Waals surface area contributed by atoms with Gasteiger partial charge in [0.25, 0.3) is 0 Å². The zero-order valence-electron chi connectivity index (χ0n) is 12.6. The molecule has 5 aromatic heterocycles. The van der Waals surface area contributed by atoms with Crippen LogP contribution in [0.15, 0.2) is 55.1 Å². The smallest absolute Gasteiger partial charge is 0.137 e. The van der Waals surface area contributed by atoms with Gasteiger partial charge in [0.05, 0.1) is 12.7 Å². The molecule has 0 aliphatic rings. The van der Waals surface area contributed by atoms with Gasteiger partial charge in [0.15, 0.2) is 0 Å². The summed E-state index contributed by atoms with van der Waals surface area (Å²) in [5.74, 6) is 0. The van der Waals surface area contributed by atoms with Crippen molar-refractivity contribution in [1.29, 1.82) is 0 Å². The fourth-order valence-electron chi connectivity index (χ4n) is 2.94. The van der Waals surface area contributed by atoms with Crippen LogP contribution < -0.4 is 0 Å². The molecule has 2 N–H and O–H groups in total. The lowest BCUT2D eigenvalue weighted by Crippen LogP contribution is -2.00. The molecule has 0 amide bonds. The molecule has 24 heavy (non-hydrogen) atoms. The number of hydrogen-bond acceptors (Lipinski definition) is 4. The third kappa shape index (κ3) is 2.06. The molecule has 0 saturated carbocycles. The Labute approximate surface area is 136 Å². The zero-order valence-corrected chi connectivity index (χ0v) is 12.6. The molecule has 0 radical (unpaired) electrons. The summed E-state index contributed by atoms with van der Waals surface area (Å²) < 4.78 is 1.81. The van der Waals surface area contributed by atoms with Crippen LogP contribution in [0.4, 0.5) is 0 Å². The molecule has 0 bridgehead atoms. The quantitative estimate of drug-likeness (QED) is 0.536. The first-order valence-corrected chi connectivity index (χ1v) is 7.62. The van der Waals surface area contributed by atoms with Gasteiger partial charge in [0.2, 0.25) is 0 Å². The van der Waals surface area contributed by atoms with Crippen molar-refractivity contribution in [3.63, 3.8) is 0 Å². The van der Waals surface area contributed by atoms with Gasteiger partial charge in [-0.1, -0.05) is 5.21 Å². The van der Waals surface area contributed by atoms with E-state index in [1.54, 1.807) is 12.4 Å². The number of pyridine rings is 2. The van der Waals surface area contributed by atoms with E-state index in [0.717, 1.165) is 39.0 Å². The van der Waals surface area contributed by atoms with Gasteiger partial charge < -0.3 is 9.97 Å². The molecule has 0 aliphatic heterocycles. The van der Waals surface area contributed by atoms with Crippen LogP contribution in [-0.4, -0.2) is 34.9 Å². The van der Waals surface area contributed by atoms with Crippen LogP contribution in [0.3, 0.4) is 0 Å². The summed E-state index contributed by atoms with van der Waals surface area (Å²) in [6.07, 6.45) is 7.40. The summed E-state index contributed by atoms with van der Waals surface area (Å²) in [6.45, 7) is 0.615. The van der Waals surface area contributed by atoms with Gasteiger partial charge in [-0.3, -0.25) is 0 Å². The van der Waals surface area contributed by atoms with Crippen LogP contribution in [0.5, 0.6) is 0 Å². The molecular weight excluding hydrogens is 302 g/mol. The Morgan fingerprint density at radius 3 is 2.83 bits per heavy atom. The molecule has 0 saturated heterocycles. The van der Waals surface area contributed by atoms with E-state index < -0.39 is 0 Å². The van der Waals surface area contributed by atoms with Crippen LogP contribution in [0.2, 0.25) is 0 Å². The van der Waals surface area contributed by atoms with Crippen molar-refractivity contribution in [2.24, 2.45) is 0 Å². The highest BCUT2D eigenvalue weighted by atomic mass is 15.4. The fourth-order valence-corrected chi connectivity index (χ4v) is 2.94. The minimum absolute atomic E-state index is 0.615. The largest absolute Gasteiger partial charge is 0.345 e. The SMILES string of the molecule is c1cnc2[nH]c(Cn3cc(-c4c[nH]c5ncccc45)nn3)cc2c1. The predicted octanol–water partition coefficient (Wildman–Crippen LogP) is 2.75. The Kier molecular flexibility index (Phi) is 2.72. The first kappa shape index (κ1) is 13.0. The Morgan fingerprint density at radius 2 is 1.92 bits per heavy atom. The molecule has 0 aliphatic carbocycles.